The van der Waals surface area contributed by atoms with E-state index >= 15 is 0 Å². The van der Waals surface area contributed by atoms with Crippen LogP contribution in [0.1, 0.15) is 36.8 Å². The molecule has 2 aromatic carbocycles. The highest BCUT2D eigenvalue weighted by Gasteiger charge is 2.17. The second kappa shape index (κ2) is 10.8. The number of imidazole rings is 1. The molecule has 0 saturated carbocycles. The molecule has 0 atom stereocenters. The summed E-state index contributed by atoms with van der Waals surface area (Å²) in [5, 5.41) is 14.0. The zero-order valence-electron chi connectivity index (χ0n) is 17.9. The number of nitrogens with zero attached hydrogens (tertiary/aromatic N) is 4. The highest BCUT2D eigenvalue weighted by molar-refractivity contribution is 7.80. The third-order valence-corrected chi connectivity index (χ3v) is 5.83. The largest absolute Gasteiger partial charge is 0.365 e. The Balaban J connectivity index is 1.61. The van der Waals surface area contributed by atoms with Gasteiger partial charge in [0.25, 0.3) is 0 Å². The van der Waals surface area contributed by atoms with Crippen LogP contribution in [0.2, 0.25) is 5.15 Å². The summed E-state index contributed by atoms with van der Waals surface area (Å²) in [5.74, 6) is 2.03. The Bertz CT molecular complexity index is 1140. The number of aromatic amines is 2. The van der Waals surface area contributed by atoms with Crippen LogP contribution in [0.3, 0.4) is 0 Å². The first-order chi connectivity index (χ1) is 15.7. The van der Waals surface area contributed by atoms with E-state index in [1.54, 1.807) is 0 Å². The van der Waals surface area contributed by atoms with Gasteiger partial charge >= 0.3 is 5.82 Å². The van der Waals surface area contributed by atoms with Crippen LogP contribution in [-0.2, 0) is 24.3 Å². The van der Waals surface area contributed by atoms with Gasteiger partial charge in [0.15, 0.2) is 10.4 Å². The summed E-state index contributed by atoms with van der Waals surface area (Å²) in [4.78, 5) is 4.61. The minimum Gasteiger partial charge on any atom is -0.365 e. The Morgan fingerprint density at radius 3 is 2.59 bits per heavy atom. The van der Waals surface area contributed by atoms with Crippen molar-refractivity contribution in [3.05, 3.63) is 70.8 Å². The lowest BCUT2D eigenvalue weighted by atomic mass is 9.98. The molecule has 9 heteroatoms. The summed E-state index contributed by atoms with van der Waals surface area (Å²) in [6.45, 7) is 3.25. The fourth-order valence-corrected chi connectivity index (χ4v) is 4.06. The fraction of sp³-hybridized carbons (Fsp3) is 0.304. The van der Waals surface area contributed by atoms with Crippen LogP contribution in [0.5, 0.6) is 0 Å². The maximum absolute atomic E-state index is 6.45. The molecule has 4 aromatic rings. The molecule has 0 aliphatic rings. The van der Waals surface area contributed by atoms with Crippen LogP contribution < -0.4 is 5.10 Å². The lowest BCUT2D eigenvalue weighted by Crippen LogP contribution is -2.10. The van der Waals surface area contributed by atoms with Gasteiger partial charge in [0.1, 0.15) is 10.9 Å². The van der Waals surface area contributed by atoms with Gasteiger partial charge in [-0.1, -0.05) is 72.6 Å². The summed E-state index contributed by atoms with van der Waals surface area (Å²) in [6.07, 6.45) is 3.05. The van der Waals surface area contributed by atoms with Crippen molar-refractivity contribution in [1.82, 2.24) is 25.1 Å². The van der Waals surface area contributed by atoms with Crippen LogP contribution in [0.15, 0.2) is 48.5 Å². The normalized spacial score (nSPS) is 11.2. The molecule has 166 valence electrons. The van der Waals surface area contributed by atoms with Crippen LogP contribution in [0.4, 0.5) is 0 Å². The number of tetrazole rings is 1. The summed E-state index contributed by atoms with van der Waals surface area (Å²) >= 11 is 10.6. The van der Waals surface area contributed by atoms with E-state index in [1.807, 2.05) is 18.2 Å². The minimum atomic E-state index is 0.336. The quantitative estimate of drug-likeness (QED) is 0.263. The van der Waals surface area contributed by atoms with E-state index in [4.69, 9.17) is 16.3 Å². The van der Waals surface area contributed by atoms with E-state index in [-0.39, 0.29) is 0 Å². The molecule has 7 nitrogen and oxygen atoms in total. The predicted octanol–water partition coefficient (Wildman–Crippen LogP) is 4.60. The van der Waals surface area contributed by atoms with Gasteiger partial charge in [-0.3, -0.25) is 0 Å². The Morgan fingerprint density at radius 1 is 1.12 bits per heavy atom. The zero-order chi connectivity index (χ0) is 22.3. The zero-order valence-corrected chi connectivity index (χ0v) is 19.5. The van der Waals surface area contributed by atoms with Gasteiger partial charge in [-0.05, 0) is 29.2 Å². The van der Waals surface area contributed by atoms with Gasteiger partial charge in [0.2, 0.25) is 0 Å². The van der Waals surface area contributed by atoms with E-state index in [0.29, 0.717) is 30.1 Å². The average molecular weight is 470 g/mol. The molecule has 0 aliphatic carbocycles. The molecule has 4 rings (SSSR count). The second-order valence-corrected chi connectivity index (χ2v) is 8.08. The number of benzene rings is 2. The third-order valence-electron chi connectivity index (χ3n) is 5.35. The van der Waals surface area contributed by atoms with Crippen molar-refractivity contribution < 1.29 is 9.84 Å². The maximum Gasteiger partial charge on any atom is 0.330 e. The maximum atomic E-state index is 6.45. The van der Waals surface area contributed by atoms with Crippen molar-refractivity contribution >= 4 is 24.2 Å². The molecule has 0 fully saturated rings. The van der Waals surface area contributed by atoms with E-state index in [9.17, 15) is 0 Å². The van der Waals surface area contributed by atoms with Crippen molar-refractivity contribution in [1.29, 1.82) is 0 Å². The molecule has 0 unspecified atom stereocenters. The highest BCUT2D eigenvalue weighted by atomic mass is 35.5. The smallest absolute Gasteiger partial charge is 0.330 e. The first-order valence-electron chi connectivity index (χ1n) is 10.6. The average Bonchev–Trinajstić information content (AvgIpc) is 3.45. The number of aryl methyl sites for hydroxylation is 1. The number of thiol groups is 1. The van der Waals surface area contributed by atoms with Gasteiger partial charge in [-0.2, -0.15) is 17.7 Å². The van der Waals surface area contributed by atoms with Gasteiger partial charge in [-0.15, -0.1) is 0 Å². The lowest BCUT2D eigenvalue weighted by molar-refractivity contribution is -0.444. The molecule has 0 radical (unpaired) electrons. The van der Waals surface area contributed by atoms with Crippen molar-refractivity contribution in [3.63, 3.8) is 0 Å². The van der Waals surface area contributed by atoms with Crippen molar-refractivity contribution in [2.75, 3.05) is 5.94 Å². The van der Waals surface area contributed by atoms with Crippen molar-refractivity contribution in [2.45, 2.75) is 39.3 Å². The Hall–Kier alpha value is -2.68. The third kappa shape index (κ3) is 5.03. The fourth-order valence-electron chi connectivity index (χ4n) is 3.71. The number of hydrogen-bond acceptors (Lipinski definition) is 5. The monoisotopic (exact) mass is 469 g/mol. The first-order valence-corrected chi connectivity index (χ1v) is 11.6. The number of H-pyrrole nitrogens is 2. The Labute approximate surface area is 197 Å². The summed E-state index contributed by atoms with van der Waals surface area (Å²) in [7, 11) is 0. The molecule has 2 N–H and O–H groups in total. The Kier molecular flexibility index (Phi) is 7.57. The van der Waals surface area contributed by atoms with Crippen molar-refractivity contribution in [2.24, 2.45) is 0 Å². The number of ether oxygens (including phenoxy) is 1. The highest BCUT2D eigenvalue weighted by Crippen LogP contribution is 2.29. The van der Waals surface area contributed by atoms with Crippen LogP contribution in [0.25, 0.3) is 22.5 Å². The summed E-state index contributed by atoms with van der Waals surface area (Å²) in [6, 6.07) is 16.7. The molecule has 0 aliphatic heterocycles. The van der Waals surface area contributed by atoms with Gasteiger partial charge < -0.3 is 9.30 Å². The van der Waals surface area contributed by atoms with E-state index in [0.717, 1.165) is 53.0 Å². The van der Waals surface area contributed by atoms with Crippen LogP contribution in [0, 0.1) is 0 Å². The molecule has 0 spiro atoms. The molecule has 0 saturated heterocycles. The predicted molar refractivity (Wildman–Crippen MR) is 127 cm³/mol. The molecular weight excluding hydrogens is 444 g/mol. The number of rotatable bonds is 10. The Morgan fingerprint density at radius 2 is 1.91 bits per heavy atom. The van der Waals surface area contributed by atoms with Gasteiger partial charge in [0.05, 0.1) is 23.8 Å². The summed E-state index contributed by atoms with van der Waals surface area (Å²) < 4.78 is 7.70. The van der Waals surface area contributed by atoms with Crippen molar-refractivity contribution in [3.8, 4) is 22.5 Å². The minimum absolute atomic E-state index is 0.336. The summed E-state index contributed by atoms with van der Waals surface area (Å²) in [5.41, 5.74) is 5.24. The topological polar surface area (TPSA) is 82.8 Å². The molecule has 0 amide bonds. The van der Waals surface area contributed by atoms with Crippen LogP contribution in [-0.4, -0.2) is 31.0 Å². The second-order valence-electron chi connectivity index (χ2n) is 7.46. The molecular formula is C23H26ClN6OS+. The van der Waals surface area contributed by atoms with E-state index in [2.05, 4.69) is 80.1 Å². The number of nitrogens with one attached hydrogen (secondary N) is 2. The first kappa shape index (κ1) is 22.5. The SMILES string of the molecule is CCCCc1nc(Cl)c(COCS)n1Cc1ccc(-c2ccccc2-c2nn[nH][nH+]2)cc1. The molecule has 2 heterocycles. The number of aromatic nitrogens is 6. The van der Waals surface area contributed by atoms with Gasteiger partial charge in [-0.25, -0.2) is 4.98 Å². The van der Waals surface area contributed by atoms with E-state index in [1.165, 1.54) is 0 Å². The molecule has 0 bridgehead atoms. The molecule has 32 heavy (non-hydrogen) atoms. The van der Waals surface area contributed by atoms with E-state index < -0.39 is 0 Å². The lowest BCUT2D eigenvalue weighted by Gasteiger charge is -2.13. The van der Waals surface area contributed by atoms with Crippen LogP contribution >= 0.6 is 24.2 Å². The standard InChI is InChI=1S/C23H25ClN6OS/c1-2-3-8-21-25-22(24)20(14-31-15-32)30(21)13-16-9-11-17(12-10-16)18-6-4-5-7-19(18)23-26-28-29-27-23/h4-7,9-12,32H,2-3,8,13-15H2,1H3,(H,26,27,28,29)/p+1. The molecule has 2 aromatic heterocycles. The number of hydrogen-bond donors (Lipinski definition) is 2. The van der Waals surface area contributed by atoms with Gasteiger partial charge in [0, 0.05) is 13.0 Å². The number of unbranched alkanes of at least 4 members (excludes halogenated alkanes) is 1. The number of halogens is 1.